The van der Waals surface area contributed by atoms with Crippen molar-refractivity contribution in [2.75, 3.05) is 0 Å². The van der Waals surface area contributed by atoms with Crippen molar-refractivity contribution in [2.45, 2.75) is 46.5 Å². The monoisotopic (exact) mass is 244 g/mol. The molecule has 1 aliphatic carbocycles. The molecule has 0 saturated heterocycles. The first-order valence-corrected chi connectivity index (χ1v) is 6.38. The molecule has 92 valence electrons. The van der Waals surface area contributed by atoms with E-state index in [2.05, 4.69) is 6.92 Å². The van der Waals surface area contributed by atoms with E-state index in [0.717, 1.165) is 17.9 Å². The lowest BCUT2D eigenvalue weighted by molar-refractivity contribution is -0.139. The normalized spacial score (nSPS) is 27.9. The number of carboxylic acids is 1. The standard InChI is InChI=1S/C13H21ClO2/c1-4-5-6-7-9(14)8-10-11(12(15)16)13(10,2)3/h8,10-11H,4-7H2,1-3H3,(H,15,16)/b9-8-/t10-,11+/m1/s1. The van der Waals surface area contributed by atoms with Gasteiger partial charge < -0.3 is 5.11 Å². The summed E-state index contributed by atoms with van der Waals surface area (Å²) in [4.78, 5) is 11.0. The second-order valence-electron chi connectivity index (χ2n) is 5.23. The molecule has 0 unspecified atom stereocenters. The number of carbonyl (C=O) groups is 1. The third-order valence-corrected chi connectivity index (χ3v) is 3.87. The van der Waals surface area contributed by atoms with Crippen LogP contribution in [-0.2, 0) is 4.79 Å². The van der Waals surface area contributed by atoms with Crippen molar-refractivity contribution in [2.24, 2.45) is 17.3 Å². The first-order valence-electron chi connectivity index (χ1n) is 6.00. The van der Waals surface area contributed by atoms with Crippen LogP contribution in [0.15, 0.2) is 11.1 Å². The molecule has 0 spiro atoms. The summed E-state index contributed by atoms with van der Waals surface area (Å²) in [5.41, 5.74) is -0.128. The minimum absolute atomic E-state index is 0.110. The summed E-state index contributed by atoms with van der Waals surface area (Å²) < 4.78 is 0. The summed E-state index contributed by atoms with van der Waals surface area (Å²) in [7, 11) is 0. The highest BCUT2D eigenvalue weighted by atomic mass is 35.5. The van der Waals surface area contributed by atoms with Crippen molar-refractivity contribution in [1.29, 1.82) is 0 Å². The van der Waals surface area contributed by atoms with E-state index in [1.54, 1.807) is 0 Å². The fourth-order valence-corrected chi connectivity index (χ4v) is 2.55. The minimum Gasteiger partial charge on any atom is -0.481 e. The molecule has 0 bridgehead atoms. The average molecular weight is 245 g/mol. The molecule has 1 rings (SSSR count). The molecule has 3 heteroatoms. The van der Waals surface area contributed by atoms with Gasteiger partial charge in [0, 0.05) is 5.03 Å². The summed E-state index contributed by atoms with van der Waals surface area (Å²) in [6, 6.07) is 0. The van der Waals surface area contributed by atoms with E-state index in [9.17, 15) is 4.79 Å². The molecular weight excluding hydrogens is 224 g/mol. The Morgan fingerprint density at radius 1 is 1.44 bits per heavy atom. The molecule has 1 saturated carbocycles. The van der Waals surface area contributed by atoms with Crippen molar-refractivity contribution in [3.63, 3.8) is 0 Å². The topological polar surface area (TPSA) is 37.3 Å². The molecular formula is C13H21ClO2. The van der Waals surface area contributed by atoms with Gasteiger partial charge in [0.1, 0.15) is 0 Å². The van der Waals surface area contributed by atoms with E-state index < -0.39 is 5.97 Å². The van der Waals surface area contributed by atoms with Crippen molar-refractivity contribution in [1.82, 2.24) is 0 Å². The lowest BCUT2D eigenvalue weighted by Gasteiger charge is -2.00. The number of hydrogen-bond acceptors (Lipinski definition) is 1. The van der Waals surface area contributed by atoms with Gasteiger partial charge in [-0.15, -0.1) is 0 Å². The molecule has 1 N–H and O–H groups in total. The number of allylic oxidation sites excluding steroid dienone is 2. The van der Waals surface area contributed by atoms with E-state index in [1.807, 2.05) is 19.9 Å². The molecule has 0 amide bonds. The first kappa shape index (κ1) is 13.6. The predicted molar refractivity (Wildman–Crippen MR) is 66.5 cm³/mol. The second-order valence-corrected chi connectivity index (χ2v) is 5.72. The largest absolute Gasteiger partial charge is 0.481 e. The van der Waals surface area contributed by atoms with E-state index in [4.69, 9.17) is 16.7 Å². The van der Waals surface area contributed by atoms with Gasteiger partial charge >= 0.3 is 5.97 Å². The Balaban J connectivity index is 2.48. The van der Waals surface area contributed by atoms with Crippen molar-refractivity contribution in [3.05, 3.63) is 11.1 Å². The highest BCUT2D eigenvalue weighted by Gasteiger charge is 2.60. The third kappa shape index (κ3) is 3.00. The average Bonchev–Trinajstić information content (AvgIpc) is 2.68. The molecule has 1 fully saturated rings. The van der Waals surface area contributed by atoms with Gasteiger partial charge in [-0.1, -0.05) is 51.3 Å². The van der Waals surface area contributed by atoms with Gasteiger partial charge in [0.05, 0.1) is 5.92 Å². The molecule has 0 heterocycles. The highest BCUT2D eigenvalue weighted by molar-refractivity contribution is 6.29. The van der Waals surface area contributed by atoms with Crippen LogP contribution in [0, 0.1) is 17.3 Å². The molecule has 0 aromatic carbocycles. The summed E-state index contributed by atoms with van der Waals surface area (Å²) in [6.45, 7) is 6.13. The lowest BCUT2D eigenvalue weighted by Crippen LogP contribution is -2.03. The summed E-state index contributed by atoms with van der Waals surface area (Å²) >= 11 is 6.12. The maximum absolute atomic E-state index is 11.0. The van der Waals surface area contributed by atoms with Crippen LogP contribution in [0.5, 0.6) is 0 Å². The molecule has 16 heavy (non-hydrogen) atoms. The van der Waals surface area contributed by atoms with Crippen LogP contribution in [0.25, 0.3) is 0 Å². The van der Waals surface area contributed by atoms with Crippen molar-refractivity contribution < 1.29 is 9.90 Å². The van der Waals surface area contributed by atoms with Gasteiger partial charge in [0.25, 0.3) is 0 Å². The summed E-state index contributed by atoms with van der Waals surface area (Å²) in [6.07, 6.45) is 6.29. The fourth-order valence-electron chi connectivity index (χ4n) is 2.28. The van der Waals surface area contributed by atoms with Gasteiger partial charge in [-0.05, 0) is 24.2 Å². The van der Waals surface area contributed by atoms with Crippen LogP contribution in [0.1, 0.15) is 46.5 Å². The van der Waals surface area contributed by atoms with E-state index in [1.165, 1.54) is 12.8 Å². The molecule has 1 aliphatic rings. The van der Waals surface area contributed by atoms with Crippen LogP contribution in [-0.4, -0.2) is 11.1 Å². The number of unbranched alkanes of at least 4 members (excludes halogenated alkanes) is 2. The van der Waals surface area contributed by atoms with Crippen LogP contribution in [0.4, 0.5) is 0 Å². The van der Waals surface area contributed by atoms with E-state index >= 15 is 0 Å². The summed E-state index contributed by atoms with van der Waals surface area (Å²) in [5.74, 6) is -0.851. The maximum atomic E-state index is 11.0. The summed E-state index contributed by atoms with van der Waals surface area (Å²) in [5, 5.41) is 9.84. The first-order chi connectivity index (χ1) is 7.41. The fraction of sp³-hybridized carbons (Fsp3) is 0.769. The highest BCUT2D eigenvalue weighted by Crippen LogP contribution is 2.59. The Bertz CT molecular complexity index is 294. The van der Waals surface area contributed by atoms with Crippen LogP contribution >= 0.6 is 11.6 Å². The molecule has 0 radical (unpaired) electrons. The van der Waals surface area contributed by atoms with Gasteiger partial charge in [-0.3, -0.25) is 4.79 Å². The Labute approximate surface area is 103 Å². The predicted octanol–water partition coefficient (Wildman–Crippen LogP) is 4.05. The van der Waals surface area contributed by atoms with Crippen molar-refractivity contribution in [3.8, 4) is 0 Å². The van der Waals surface area contributed by atoms with Crippen LogP contribution < -0.4 is 0 Å². The van der Waals surface area contributed by atoms with E-state index in [-0.39, 0.29) is 17.3 Å². The maximum Gasteiger partial charge on any atom is 0.307 e. The quantitative estimate of drug-likeness (QED) is 0.716. The van der Waals surface area contributed by atoms with E-state index in [0.29, 0.717) is 0 Å². The number of rotatable bonds is 6. The van der Waals surface area contributed by atoms with Crippen LogP contribution in [0.2, 0.25) is 0 Å². The van der Waals surface area contributed by atoms with Crippen LogP contribution in [0.3, 0.4) is 0 Å². The van der Waals surface area contributed by atoms with Crippen molar-refractivity contribution >= 4 is 17.6 Å². The number of halogens is 1. The molecule has 0 aromatic rings. The molecule has 2 atom stereocenters. The molecule has 0 aliphatic heterocycles. The number of hydrogen-bond donors (Lipinski definition) is 1. The zero-order valence-corrected chi connectivity index (χ0v) is 11.0. The Hall–Kier alpha value is -0.500. The molecule has 0 aromatic heterocycles. The van der Waals surface area contributed by atoms with Gasteiger partial charge in [-0.25, -0.2) is 0 Å². The van der Waals surface area contributed by atoms with Gasteiger partial charge in [-0.2, -0.15) is 0 Å². The zero-order valence-electron chi connectivity index (χ0n) is 10.3. The zero-order chi connectivity index (χ0) is 12.3. The van der Waals surface area contributed by atoms with Gasteiger partial charge in [0.2, 0.25) is 0 Å². The number of carboxylic acid groups (broad SMARTS) is 1. The SMILES string of the molecule is CCCCC/C(Cl)=C/[C@@H]1[C@@H](C(=O)O)C1(C)C. The lowest BCUT2D eigenvalue weighted by atomic mass is 10.1. The second kappa shape index (κ2) is 5.22. The third-order valence-electron chi connectivity index (χ3n) is 3.56. The van der Waals surface area contributed by atoms with Gasteiger partial charge in [0.15, 0.2) is 0 Å². The minimum atomic E-state index is -0.704. The number of aliphatic carboxylic acids is 1. The Kier molecular flexibility index (Phi) is 4.43. The smallest absolute Gasteiger partial charge is 0.307 e. The molecule has 2 nitrogen and oxygen atoms in total. The Morgan fingerprint density at radius 3 is 2.50 bits per heavy atom. The Morgan fingerprint density at radius 2 is 2.06 bits per heavy atom.